The molecule has 0 unspecified atom stereocenters. The first-order chi connectivity index (χ1) is 12.4. The second kappa shape index (κ2) is 7.37. The molecule has 2 aromatic rings. The number of nitrogens with one attached hydrogen (secondary N) is 1. The molecule has 8 heteroatoms. The number of amides is 2. The summed E-state index contributed by atoms with van der Waals surface area (Å²) >= 11 is 5.85. The number of carbonyl (C=O) groups is 2. The molecule has 0 spiro atoms. The number of nitrogens with zero attached hydrogens (tertiary/aromatic N) is 3. The number of hydrogen-bond donors (Lipinski definition) is 1. The maximum absolute atomic E-state index is 14.4. The molecular weight excluding hydrogens is 359 g/mol. The van der Waals surface area contributed by atoms with Gasteiger partial charge in [-0.1, -0.05) is 11.6 Å². The van der Waals surface area contributed by atoms with Gasteiger partial charge in [-0.25, -0.2) is 14.4 Å². The quantitative estimate of drug-likeness (QED) is 0.869. The highest BCUT2D eigenvalue weighted by molar-refractivity contribution is 6.31. The highest BCUT2D eigenvalue weighted by Crippen LogP contribution is 2.44. The molecule has 0 saturated heterocycles. The molecule has 1 heterocycles. The van der Waals surface area contributed by atoms with Crippen LogP contribution in [-0.2, 0) is 4.79 Å². The maximum atomic E-state index is 14.4. The predicted octanol–water partition coefficient (Wildman–Crippen LogP) is 3.17. The number of aromatic nitrogens is 2. The van der Waals surface area contributed by atoms with Crippen molar-refractivity contribution in [2.75, 3.05) is 18.9 Å². The molecule has 0 radical (unpaired) electrons. The fourth-order valence-electron chi connectivity index (χ4n) is 2.64. The van der Waals surface area contributed by atoms with Crippen LogP contribution in [0.4, 0.5) is 10.3 Å². The number of rotatable bonds is 5. The fourth-order valence-corrected chi connectivity index (χ4v) is 2.80. The summed E-state index contributed by atoms with van der Waals surface area (Å²) < 4.78 is 14.4. The SMILES string of the molecule is Cc1cnc(NC(=O)CN(C)C(=O)c2ccc(Cl)c(F)c2C2CC2)nc1. The van der Waals surface area contributed by atoms with E-state index in [4.69, 9.17) is 11.6 Å². The summed E-state index contributed by atoms with van der Waals surface area (Å²) in [6.07, 6.45) is 4.81. The van der Waals surface area contributed by atoms with Crippen molar-refractivity contribution < 1.29 is 14.0 Å². The van der Waals surface area contributed by atoms with Gasteiger partial charge >= 0.3 is 0 Å². The number of hydrogen-bond acceptors (Lipinski definition) is 4. The molecule has 2 amide bonds. The second-order valence-electron chi connectivity index (χ2n) is 6.39. The Kier molecular flexibility index (Phi) is 5.18. The van der Waals surface area contributed by atoms with Gasteiger partial charge in [0.15, 0.2) is 0 Å². The second-order valence-corrected chi connectivity index (χ2v) is 6.80. The normalized spacial score (nSPS) is 13.4. The first kappa shape index (κ1) is 18.3. The Labute approximate surface area is 155 Å². The first-order valence-corrected chi connectivity index (χ1v) is 8.56. The Morgan fingerprint density at radius 3 is 2.58 bits per heavy atom. The molecule has 3 rings (SSSR count). The van der Waals surface area contributed by atoms with Crippen LogP contribution >= 0.6 is 11.6 Å². The highest BCUT2D eigenvalue weighted by Gasteiger charge is 2.33. The highest BCUT2D eigenvalue weighted by atomic mass is 35.5. The monoisotopic (exact) mass is 376 g/mol. The van der Waals surface area contributed by atoms with Gasteiger partial charge in [-0.3, -0.25) is 14.9 Å². The van der Waals surface area contributed by atoms with Gasteiger partial charge in [0.1, 0.15) is 5.82 Å². The van der Waals surface area contributed by atoms with Crippen LogP contribution in [0.25, 0.3) is 0 Å². The number of likely N-dealkylation sites (N-methyl/N-ethyl adjacent to an activating group) is 1. The largest absolute Gasteiger partial charge is 0.332 e. The lowest BCUT2D eigenvalue weighted by Crippen LogP contribution is -2.35. The molecule has 6 nitrogen and oxygen atoms in total. The van der Waals surface area contributed by atoms with E-state index in [9.17, 15) is 14.0 Å². The lowest BCUT2D eigenvalue weighted by Gasteiger charge is -2.19. The van der Waals surface area contributed by atoms with Crippen LogP contribution in [0.3, 0.4) is 0 Å². The van der Waals surface area contributed by atoms with Crippen LogP contribution in [0.15, 0.2) is 24.5 Å². The van der Waals surface area contributed by atoms with E-state index < -0.39 is 17.6 Å². The Morgan fingerprint density at radius 1 is 1.31 bits per heavy atom. The van der Waals surface area contributed by atoms with Crippen molar-refractivity contribution in [2.24, 2.45) is 0 Å². The summed E-state index contributed by atoms with van der Waals surface area (Å²) in [7, 11) is 1.49. The molecule has 26 heavy (non-hydrogen) atoms. The van der Waals surface area contributed by atoms with E-state index in [1.807, 2.05) is 6.92 Å². The molecule has 136 valence electrons. The van der Waals surface area contributed by atoms with E-state index in [2.05, 4.69) is 15.3 Å². The van der Waals surface area contributed by atoms with Gasteiger partial charge < -0.3 is 4.90 Å². The first-order valence-electron chi connectivity index (χ1n) is 8.18. The zero-order valence-electron chi connectivity index (χ0n) is 14.4. The Bertz CT molecular complexity index is 853. The van der Waals surface area contributed by atoms with Gasteiger partial charge in [0.25, 0.3) is 5.91 Å². The van der Waals surface area contributed by atoms with Crippen LogP contribution in [0.5, 0.6) is 0 Å². The van der Waals surface area contributed by atoms with Crippen LogP contribution in [0.2, 0.25) is 5.02 Å². The van der Waals surface area contributed by atoms with Gasteiger partial charge in [0, 0.05) is 30.6 Å². The summed E-state index contributed by atoms with van der Waals surface area (Å²) in [5.74, 6) is -1.24. The van der Waals surface area contributed by atoms with Crippen LogP contribution in [-0.4, -0.2) is 40.3 Å². The van der Waals surface area contributed by atoms with Crippen molar-refractivity contribution in [1.29, 1.82) is 0 Å². The standard InChI is InChI=1S/C18H18ClFN4O2/c1-10-7-21-18(22-8-10)23-14(25)9-24(2)17(26)12-5-6-13(19)16(20)15(12)11-3-4-11/h5-8,11H,3-4,9H2,1-2H3,(H,21,22,23,25). The summed E-state index contributed by atoms with van der Waals surface area (Å²) in [5, 5.41) is 2.53. The molecule has 0 bridgehead atoms. The average Bonchev–Trinajstić information content (AvgIpc) is 3.43. The van der Waals surface area contributed by atoms with E-state index in [0.717, 1.165) is 18.4 Å². The molecule has 1 aliphatic carbocycles. The van der Waals surface area contributed by atoms with Crippen molar-refractivity contribution >= 4 is 29.4 Å². The Hall–Kier alpha value is -2.54. The number of aryl methyl sites for hydroxylation is 1. The zero-order valence-corrected chi connectivity index (χ0v) is 15.2. The molecule has 1 saturated carbocycles. The topological polar surface area (TPSA) is 75.2 Å². The molecule has 0 atom stereocenters. The van der Waals surface area contributed by atoms with Gasteiger partial charge in [-0.05, 0) is 43.4 Å². The molecule has 1 N–H and O–H groups in total. The summed E-state index contributed by atoms with van der Waals surface area (Å²) in [5.41, 5.74) is 1.46. The lowest BCUT2D eigenvalue weighted by atomic mass is 10.0. The zero-order chi connectivity index (χ0) is 18.8. The number of benzene rings is 1. The summed E-state index contributed by atoms with van der Waals surface area (Å²) in [6, 6.07) is 2.88. The van der Waals surface area contributed by atoms with Crippen LogP contribution in [0, 0.1) is 12.7 Å². The van der Waals surface area contributed by atoms with Crippen LogP contribution in [0.1, 0.15) is 40.2 Å². The Morgan fingerprint density at radius 2 is 1.96 bits per heavy atom. The van der Waals surface area contributed by atoms with E-state index in [0.29, 0.717) is 5.56 Å². The molecule has 1 fully saturated rings. The summed E-state index contributed by atoms with van der Waals surface area (Å²) in [6.45, 7) is 1.63. The molecule has 1 aromatic carbocycles. The van der Waals surface area contributed by atoms with E-state index >= 15 is 0 Å². The van der Waals surface area contributed by atoms with Gasteiger partial charge in [-0.2, -0.15) is 0 Å². The van der Waals surface area contributed by atoms with E-state index in [1.165, 1.54) is 24.1 Å². The van der Waals surface area contributed by atoms with Crippen molar-refractivity contribution in [3.05, 3.63) is 52.1 Å². The third-order valence-electron chi connectivity index (χ3n) is 4.11. The predicted molar refractivity (Wildman–Crippen MR) is 95.7 cm³/mol. The smallest absolute Gasteiger partial charge is 0.254 e. The number of carbonyl (C=O) groups excluding carboxylic acids is 2. The average molecular weight is 377 g/mol. The lowest BCUT2D eigenvalue weighted by molar-refractivity contribution is -0.116. The Balaban J connectivity index is 1.71. The van der Waals surface area contributed by atoms with Crippen molar-refractivity contribution in [1.82, 2.24) is 14.9 Å². The van der Waals surface area contributed by atoms with Crippen molar-refractivity contribution in [3.63, 3.8) is 0 Å². The van der Waals surface area contributed by atoms with Gasteiger partial charge in [-0.15, -0.1) is 0 Å². The minimum atomic E-state index is -0.550. The van der Waals surface area contributed by atoms with Crippen molar-refractivity contribution in [2.45, 2.75) is 25.7 Å². The third-order valence-corrected chi connectivity index (χ3v) is 4.40. The molecule has 1 aromatic heterocycles. The van der Waals surface area contributed by atoms with E-state index in [-0.39, 0.29) is 29.0 Å². The maximum Gasteiger partial charge on any atom is 0.254 e. The molecule has 1 aliphatic rings. The van der Waals surface area contributed by atoms with Crippen LogP contribution < -0.4 is 5.32 Å². The molecular formula is C18H18ClFN4O2. The minimum absolute atomic E-state index is 0.000339. The third kappa shape index (κ3) is 3.99. The minimum Gasteiger partial charge on any atom is -0.332 e. The number of anilines is 1. The summed E-state index contributed by atoms with van der Waals surface area (Å²) in [4.78, 5) is 34.0. The molecule has 0 aliphatic heterocycles. The van der Waals surface area contributed by atoms with Crippen molar-refractivity contribution in [3.8, 4) is 0 Å². The van der Waals surface area contributed by atoms with Gasteiger partial charge in [0.2, 0.25) is 11.9 Å². The fraction of sp³-hybridized carbons (Fsp3) is 0.333. The van der Waals surface area contributed by atoms with E-state index in [1.54, 1.807) is 12.4 Å². The van der Waals surface area contributed by atoms with Gasteiger partial charge in [0.05, 0.1) is 11.6 Å². The number of halogens is 2.